The van der Waals surface area contributed by atoms with E-state index in [9.17, 15) is 4.79 Å². The highest BCUT2D eigenvalue weighted by atomic mass is 16.5. The molecular weight excluding hydrogens is 156 g/mol. The summed E-state index contributed by atoms with van der Waals surface area (Å²) in [6.07, 6.45) is 3.43. The van der Waals surface area contributed by atoms with Gasteiger partial charge in [-0.15, -0.1) is 0 Å². The van der Waals surface area contributed by atoms with E-state index in [1.807, 2.05) is 0 Å². The summed E-state index contributed by atoms with van der Waals surface area (Å²) in [5.41, 5.74) is 6.33. The Hall–Kier alpha value is -1.32. The third-order valence-corrected chi connectivity index (χ3v) is 2.41. The number of carbonyl (C=O) groups excluding carboxylic acids is 1. The van der Waals surface area contributed by atoms with Gasteiger partial charge >= 0.3 is 0 Å². The van der Waals surface area contributed by atoms with Crippen LogP contribution in [-0.4, -0.2) is 11.1 Å². The smallest absolute Gasteiger partial charge is 0.253 e. The van der Waals surface area contributed by atoms with Crippen molar-refractivity contribution in [2.75, 3.05) is 0 Å². The maximum absolute atomic E-state index is 10.9. The molecule has 1 aromatic rings. The highest BCUT2D eigenvalue weighted by Gasteiger charge is 2.44. The molecular formula is C8H10N2O2. The predicted octanol–water partition coefficient (Wildman–Crippen LogP) is 0.825. The molecule has 1 aromatic heterocycles. The van der Waals surface area contributed by atoms with Crippen LogP contribution in [0, 0.1) is 0 Å². The molecule has 0 spiro atoms. The van der Waals surface area contributed by atoms with Gasteiger partial charge in [-0.05, 0) is 12.8 Å². The number of aromatic nitrogens is 1. The molecule has 1 heterocycles. The zero-order valence-electron chi connectivity index (χ0n) is 6.83. The first kappa shape index (κ1) is 7.34. The Balaban J connectivity index is 2.43. The fourth-order valence-electron chi connectivity index (χ4n) is 1.27. The molecule has 2 N–H and O–H groups in total. The first-order valence-corrected chi connectivity index (χ1v) is 3.88. The fourth-order valence-corrected chi connectivity index (χ4v) is 1.27. The Morgan fingerprint density at radius 3 is 2.92 bits per heavy atom. The lowest BCUT2D eigenvalue weighted by molar-refractivity contribution is 0.0998. The second kappa shape index (κ2) is 2.09. The number of primary amides is 1. The number of nitrogens with two attached hydrogens (primary N) is 1. The molecule has 0 radical (unpaired) electrons. The number of hydrogen-bond donors (Lipinski definition) is 1. The van der Waals surface area contributed by atoms with E-state index >= 15 is 0 Å². The molecule has 0 saturated heterocycles. The number of carbonyl (C=O) groups is 1. The van der Waals surface area contributed by atoms with Gasteiger partial charge in [0.05, 0.1) is 0 Å². The molecule has 4 nitrogen and oxygen atoms in total. The summed E-state index contributed by atoms with van der Waals surface area (Å²) in [4.78, 5) is 10.9. The molecule has 1 fully saturated rings. The van der Waals surface area contributed by atoms with E-state index in [1.54, 1.807) is 0 Å². The molecule has 0 aliphatic heterocycles. The van der Waals surface area contributed by atoms with Crippen molar-refractivity contribution in [3.63, 3.8) is 0 Å². The summed E-state index contributed by atoms with van der Waals surface area (Å²) in [6.45, 7) is 2.05. The van der Waals surface area contributed by atoms with E-state index < -0.39 is 5.91 Å². The van der Waals surface area contributed by atoms with Gasteiger partial charge in [0.15, 0.2) is 0 Å². The van der Waals surface area contributed by atoms with Crippen molar-refractivity contribution in [1.29, 1.82) is 0 Å². The molecule has 0 atom stereocenters. The van der Waals surface area contributed by atoms with E-state index in [0.29, 0.717) is 5.56 Å². The second-order valence-corrected chi connectivity index (χ2v) is 3.50. The number of rotatable bonds is 2. The molecule has 0 unspecified atom stereocenters. The first-order valence-electron chi connectivity index (χ1n) is 3.88. The van der Waals surface area contributed by atoms with Crippen molar-refractivity contribution in [2.24, 2.45) is 5.73 Å². The molecule has 1 amide bonds. The van der Waals surface area contributed by atoms with Gasteiger partial charge in [0.25, 0.3) is 5.91 Å². The monoisotopic (exact) mass is 166 g/mol. The van der Waals surface area contributed by atoms with Crippen LogP contribution in [0.5, 0.6) is 0 Å². The molecule has 4 heteroatoms. The summed E-state index contributed by atoms with van der Waals surface area (Å²) >= 11 is 0. The van der Waals surface area contributed by atoms with Crippen molar-refractivity contribution in [3.8, 4) is 0 Å². The van der Waals surface area contributed by atoms with Crippen molar-refractivity contribution in [2.45, 2.75) is 25.2 Å². The fraction of sp³-hybridized carbons (Fsp3) is 0.500. The normalized spacial score (nSPS) is 19.1. The van der Waals surface area contributed by atoms with E-state index in [4.69, 9.17) is 10.3 Å². The third kappa shape index (κ3) is 0.913. The zero-order valence-corrected chi connectivity index (χ0v) is 6.83. The third-order valence-electron chi connectivity index (χ3n) is 2.41. The van der Waals surface area contributed by atoms with E-state index in [0.717, 1.165) is 18.5 Å². The van der Waals surface area contributed by atoms with Crippen LogP contribution < -0.4 is 5.73 Å². The minimum absolute atomic E-state index is 0.0391. The predicted molar refractivity (Wildman–Crippen MR) is 41.6 cm³/mol. The molecule has 12 heavy (non-hydrogen) atoms. The highest BCUT2D eigenvalue weighted by Crippen LogP contribution is 2.47. The first-order chi connectivity index (χ1) is 5.63. The number of amides is 1. The number of hydrogen-bond acceptors (Lipinski definition) is 3. The van der Waals surface area contributed by atoms with Gasteiger partial charge in [0.1, 0.15) is 17.5 Å². The summed E-state index contributed by atoms with van der Waals surface area (Å²) in [5.74, 6) is -0.459. The average Bonchev–Trinajstić information content (AvgIpc) is 2.61. The quantitative estimate of drug-likeness (QED) is 0.707. The van der Waals surface area contributed by atoms with Gasteiger partial charge in [0.2, 0.25) is 0 Å². The van der Waals surface area contributed by atoms with Crippen LogP contribution in [0.1, 0.15) is 35.8 Å². The van der Waals surface area contributed by atoms with Gasteiger partial charge in [-0.1, -0.05) is 12.1 Å². The SMILES string of the molecule is CC1(c2nocc2C(N)=O)CC1. The van der Waals surface area contributed by atoms with Crippen LogP contribution in [0.4, 0.5) is 0 Å². The van der Waals surface area contributed by atoms with Crippen LogP contribution >= 0.6 is 0 Å². The average molecular weight is 166 g/mol. The Kier molecular flexibility index (Phi) is 1.28. The Bertz CT molecular complexity index is 326. The maximum atomic E-state index is 10.9. The Morgan fingerprint density at radius 2 is 2.42 bits per heavy atom. The van der Waals surface area contributed by atoms with Crippen molar-refractivity contribution in [1.82, 2.24) is 5.16 Å². The second-order valence-electron chi connectivity index (χ2n) is 3.50. The van der Waals surface area contributed by atoms with Gasteiger partial charge in [-0.3, -0.25) is 4.79 Å². The lowest BCUT2D eigenvalue weighted by atomic mass is 10.0. The van der Waals surface area contributed by atoms with Gasteiger partial charge < -0.3 is 10.3 Å². The van der Waals surface area contributed by atoms with Crippen molar-refractivity contribution in [3.05, 3.63) is 17.5 Å². The van der Waals surface area contributed by atoms with Crippen LogP contribution in [0.15, 0.2) is 10.8 Å². The van der Waals surface area contributed by atoms with Gasteiger partial charge in [0, 0.05) is 5.41 Å². The van der Waals surface area contributed by atoms with E-state index in [1.165, 1.54) is 6.26 Å². The molecule has 0 aromatic carbocycles. The van der Waals surface area contributed by atoms with Crippen LogP contribution in [-0.2, 0) is 5.41 Å². The molecule has 2 rings (SSSR count). The van der Waals surface area contributed by atoms with Crippen molar-refractivity contribution < 1.29 is 9.32 Å². The summed E-state index contributed by atoms with van der Waals surface area (Å²) < 4.78 is 4.72. The summed E-state index contributed by atoms with van der Waals surface area (Å²) in [6, 6.07) is 0. The van der Waals surface area contributed by atoms with E-state index in [-0.39, 0.29) is 5.41 Å². The minimum atomic E-state index is -0.459. The van der Waals surface area contributed by atoms with E-state index in [2.05, 4.69) is 12.1 Å². The lowest BCUT2D eigenvalue weighted by Crippen LogP contribution is -2.15. The standard InChI is InChI=1S/C8H10N2O2/c1-8(2-3-8)6-5(7(9)11)4-12-10-6/h4H,2-3H2,1H3,(H2,9,11). The summed E-state index contributed by atoms with van der Waals surface area (Å²) in [5, 5.41) is 3.80. The zero-order chi connectivity index (χ0) is 8.77. The molecule has 0 bridgehead atoms. The minimum Gasteiger partial charge on any atom is -0.365 e. The van der Waals surface area contributed by atoms with Crippen LogP contribution in [0.2, 0.25) is 0 Å². The van der Waals surface area contributed by atoms with Gasteiger partial charge in [-0.25, -0.2) is 0 Å². The number of nitrogens with zero attached hydrogens (tertiary/aromatic N) is 1. The highest BCUT2D eigenvalue weighted by molar-refractivity contribution is 5.93. The molecule has 1 aliphatic carbocycles. The van der Waals surface area contributed by atoms with Crippen LogP contribution in [0.25, 0.3) is 0 Å². The maximum Gasteiger partial charge on any atom is 0.253 e. The van der Waals surface area contributed by atoms with Crippen LogP contribution in [0.3, 0.4) is 0 Å². The summed E-state index contributed by atoms with van der Waals surface area (Å²) in [7, 11) is 0. The molecule has 1 saturated carbocycles. The molecule has 64 valence electrons. The lowest BCUT2D eigenvalue weighted by Gasteiger charge is -2.02. The van der Waals surface area contributed by atoms with Crippen molar-refractivity contribution >= 4 is 5.91 Å². The topological polar surface area (TPSA) is 69.1 Å². The molecule has 1 aliphatic rings. The Morgan fingerprint density at radius 1 is 1.75 bits per heavy atom. The Labute approximate surface area is 69.7 Å². The largest absolute Gasteiger partial charge is 0.365 e. The van der Waals surface area contributed by atoms with Gasteiger partial charge in [-0.2, -0.15) is 0 Å².